The van der Waals surface area contributed by atoms with Crippen LogP contribution in [0.25, 0.3) is 0 Å². The quantitative estimate of drug-likeness (QED) is 0.867. The van der Waals surface area contributed by atoms with E-state index in [9.17, 15) is 4.79 Å². The number of hydrogen-bond donors (Lipinski definition) is 2. The van der Waals surface area contributed by atoms with Crippen molar-refractivity contribution < 1.29 is 9.53 Å². The summed E-state index contributed by atoms with van der Waals surface area (Å²) in [5, 5.41) is 2.97. The molecule has 1 saturated carbocycles. The monoisotopic (exact) mass is 291 g/mol. The van der Waals surface area contributed by atoms with Crippen molar-refractivity contribution in [1.82, 2.24) is 10.3 Å². The Labute approximate surface area is 126 Å². The third-order valence-corrected chi connectivity index (χ3v) is 4.71. The summed E-state index contributed by atoms with van der Waals surface area (Å²) in [5.74, 6) is -0.137. The topological polar surface area (TPSA) is 77.2 Å². The number of hydrogen-bond acceptors (Lipinski definition) is 4. The second kappa shape index (κ2) is 5.73. The maximum Gasteiger partial charge on any atom is 0.241 e. The molecule has 2 rings (SSSR count). The van der Waals surface area contributed by atoms with Crippen LogP contribution in [0, 0.1) is 5.41 Å². The van der Waals surface area contributed by atoms with Gasteiger partial charge in [-0.25, -0.2) is 0 Å². The van der Waals surface area contributed by atoms with Gasteiger partial charge in [0.2, 0.25) is 5.91 Å². The lowest BCUT2D eigenvalue weighted by Gasteiger charge is -2.57. The third-order valence-electron chi connectivity index (χ3n) is 4.71. The number of nitrogens with zero attached hydrogens (tertiary/aromatic N) is 1. The summed E-state index contributed by atoms with van der Waals surface area (Å²) in [6.45, 7) is 8.48. The first-order valence-corrected chi connectivity index (χ1v) is 7.45. The van der Waals surface area contributed by atoms with E-state index in [-0.39, 0.29) is 23.5 Å². The molecule has 0 saturated heterocycles. The van der Waals surface area contributed by atoms with Gasteiger partial charge < -0.3 is 15.8 Å². The van der Waals surface area contributed by atoms with E-state index in [4.69, 9.17) is 10.5 Å². The molecule has 116 valence electrons. The average molecular weight is 291 g/mol. The Morgan fingerprint density at radius 1 is 1.57 bits per heavy atom. The van der Waals surface area contributed by atoms with Gasteiger partial charge in [0.05, 0.1) is 17.8 Å². The summed E-state index contributed by atoms with van der Waals surface area (Å²) < 4.78 is 5.66. The molecule has 0 aliphatic heterocycles. The predicted octanol–water partition coefficient (Wildman–Crippen LogP) is 1.79. The first kappa shape index (κ1) is 15.9. The Morgan fingerprint density at radius 2 is 2.29 bits per heavy atom. The second-order valence-electron chi connectivity index (χ2n) is 6.29. The molecule has 1 aromatic rings. The van der Waals surface area contributed by atoms with Crippen molar-refractivity contribution in [1.29, 1.82) is 0 Å². The van der Waals surface area contributed by atoms with Gasteiger partial charge in [0.1, 0.15) is 5.54 Å². The number of carbonyl (C=O) groups excluding carboxylic acids is 1. The lowest BCUT2D eigenvalue weighted by molar-refractivity contribution is -0.171. The number of nitrogens with two attached hydrogens (primary N) is 1. The normalized spacial score (nSPS) is 28.5. The summed E-state index contributed by atoms with van der Waals surface area (Å²) in [6, 6.07) is 5.48. The van der Waals surface area contributed by atoms with Crippen LogP contribution in [0.2, 0.25) is 0 Å². The van der Waals surface area contributed by atoms with Crippen LogP contribution in [0.3, 0.4) is 0 Å². The van der Waals surface area contributed by atoms with E-state index in [2.05, 4.69) is 10.3 Å². The van der Waals surface area contributed by atoms with Crippen molar-refractivity contribution in [2.24, 2.45) is 11.1 Å². The van der Waals surface area contributed by atoms with E-state index in [1.807, 2.05) is 45.9 Å². The Kier molecular flexibility index (Phi) is 4.35. The van der Waals surface area contributed by atoms with Crippen molar-refractivity contribution >= 4 is 5.91 Å². The summed E-state index contributed by atoms with van der Waals surface area (Å²) in [7, 11) is 0. The molecule has 2 unspecified atom stereocenters. The van der Waals surface area contributed by atoms with E-state index >= 15 is 0 Å². The number of pyridine rings is 1. The van der Waals surface area contributed by atoms with Gasteiger partial charge in [-0.05, 0) is 26.0 Å². The van der Waals surface area contributed by atoms with Gasteiger partial charge >= 0.3 is 0 Å². The lowest BCUT2D eigenvalue weighted by atomic mass is 9.54. The first-order chi connectivity index (χ1) is 9.83. The zero-order valence-corrected chi connectivity index (χ0v) is 13.2. The summed E-state index contributed by atoms with van der Waals surface area (Å²) >= 11 is 0. The Balaban J connectivity index is 2.04. The van der Waals surface area contributed by atoms with Crippen LogP contribution in [0.5, 0.6) is 0 Å². The van der Waals surface area contributed by atoms with Crippen molar-refractivity contribution in [2.45, 2.75) is 51.8 Å². The number of aromatic nitrogens is 1. The standard InChI is InChI=1S/C16H25N3O2/c1-5-21-13-10-16(17,15(13,3)4)14(20)19-11(2)12-8-6-7-9-18-12/h6-9,11,13H,5,10,17H2,1-4H3,(H,19,20)/t11-,13?,16?/m0/s1. The van der Waals surface area contributed by atoms with Crippen LogP contribution in [-0.4, -0.2) is 29.1 Å². The van der Waals surface area contributed by atoms with E-state index in [0.29, 0.717) is 13.0 Å². The van der Waals surface area contributed by atoms with Crippen molar-refractivity contribution in [3.63, 3.8) is 0 Å². The highest BCUT2D eigenvalue weighted by molar-refractivity contribution is 5.89. The summed E-state index contributed by atoms with van der Waals surface area (Å²) in [6.07, 6.45) is 2.30. The number of ether oxygens (including phenoxy) is 1. The average Bonchev–Trinajstić information content (AvgIpc) is 2.47. The molecule has 5 heteroatoms. The Morgan fingerprint density at radius 3 is 2.81 bits per heavy atom. The van der Waals surface area contributed by atoms with Crippen molar-refractivity contribution in [3.8, 4) is 0 Å². The fraction of sp³-hybridized carbons (Fsp3) is 0.625. The van der Waals surface area contributed by atoms with Crippen molar-refractivity contribution in [2.75, 3.05) is 6.61 Å². The van der Waals surface area contributed by atoms with E-state index < -0.39 is 5.54 Å². The van der Waals surface area contributed by atoms with Gasteiger partial charge in [0, 0.05) is 24.6 Å². The van der Waals surface area contributed by atoms with E-state index in [1.54, 1.807) is 6.20 Å². The van der Waals surface area contributed by atoms with Crippen LogP contribution >= 0.6 is 0 Å². The number of rotatable bonds is 5. The zero-order valence-electron chi connectivity index (χ0n) is 13.2. The molecule has 3 atom stereocenters. The Hall–Kier alpha value is -1.46. The van der Waals surface area contributed by atoms with Crippen LogP contribution in [0.4, 0.5) is 0 Å². The number of carbonyl (C=O) groups is 1. The minimum absolute atomic E-state index is 0.0309. The molecule has 1 aliphatic carbocycles. The third kappa shape index (κ3) is 2.68. The minimum Gasteiger partial charge on any atom is -0.378 e. The first-order valence-electron chi connectivity index (χ1n) is 7.45. The maximum absolute atomic E-state index is 12.6. The van der Waals surface area contributed by atoms with Gasteiger partial charge in [0.25, 0.3) is 0 Å². The molecule has 1 aromatic heterocycles. The highest BCUT2D eigenvalue weighted by Gasteiger charge is 2.62. The van der Waals surface area contributed by atoms with Gasteiger partial charge in [-0.15, -0.1) is 0 Å². The molecular weight excluding hydrogens is 266 g/mol. The molecule has 0 bridgehead atoms. The molecule has 1 fully saturated rings. The largest absolute Gasteiger partial charge is 0.378 e. The van der Waals surface area contributed by atoms with Crippen LogP contribution in [0.1, 0.15) is 45.9 Å². The van der Waals surface area contributed by atoms with Gasteiger partial charge in [-0.2, -0.15) is 0 Å². The predicted molar refractivity (Wildman–Crippen MR) is 81.5 cm³/mol. The number of nitrogens with one attached hydrogen (secondary N) is 1. The molecule has 0 radical (unpaired) electrons. The van der Waals surface area contributed by atoms with E-state index in [0.717, 1.165) is 5.69 Å². The highest BCUT2D eigenvalue weighted by atomic mass is 16.5. The second-order valence-corrected chi connectivity index (χ2v) is 6.29. The highest BCUT2D eigenvalue weighted by Crippen LogP contribution is 2.50. The molecule has 0 spiro atoms. The van der Waals surface area contributed by atoms with Gasteiger partial charge in [0.15, 0.2) is 0 Å². The fourth-order valence-electron chi connectivity index (χ4n) is 2.85. The Bertz CT molecular complexity index is 504. The van der Waals surface area contributed by atoms with Crippen LogP contribution in [0.15, 0.2) is 24.4 Å². The van der Waals surface area contributed by atoms with Gasteiger partial charge in [-0.1, -0.05) is 19.9 Å². The summed E-state index contributed by atoms with van der Waals surface area (Å²) in [5.41, 5.74) is 5.91. The SMILES string of the molecule is CCOC1CC(N)(C(=O)N[C@@H](C)c2ccccn2)C1(C)C. The smallest absolute Gasteiger partial charge is 0.241 e. The fourth-order valence-corrected chi connectivity index (χ4v) is 2.85. The van der Waals surface area contributed by atoms with Crippen molar-refractivity contribution in [3.05, 3.63) is 30.1 Å². The zero-order chi connectivity index (χ0) is 15.7. The maximum atomic E-state index is 12.6. The molecule has 21 heavy (non-hydrogen) atoms. The molecule has 1 amide bonds. The van der Waals surface area contributed by atoms with Crippen LogP contribution < -0.4 is 11.1 Å². The molecule has 3 N–H and O–H groups in total. The van der Waals surface area contributed by atoms with Crippen LogP contribution in [-0.2, 0) is 9.53 Å². The lowest BCUT2D eigenvalue weighted by Crippen LogP contribution is -2.75. The molecular formula is C16H25N3O2. The molecule has 5 nitrogen and oxygen atoms in total. The molecule has 1 aliphatic rings. The molecule has 0 aromatic carbocycles. The molecule has 1 heterocycles. The van der Waals surface area contributed by atoms with E-state index in [1.165, 1.54) is 0 Å². The summed E-state index contributed by atoms with van der Waals surface area (Å²) in [4.78, 5) is 16.8. The minimum atomic E-state index is -0.893. The van der Waals surface area contributed by atoms with Gasteiger partial charge in [-0.3, -0.25) is 9.78 Å². The number of amides is 1.